The Kier molecular flexibility index (Phi) is 8.05. The molecule has 1 atom stereocenters. The maximum atomic E-state index is 13.9. The molecule has 2 aliphatic rings. The van der Waals surface area contributed by atoms with Gasteiger partial charge in [-0.25, -0.2) is 0 Å². The molecule has 2 amide bonds. The quantitative estimate of drug-likeness (QED) is 0.444. The first-order chi connectivity index (χ1) is 18.5. The molecule has 5 rings (SSSR count). The van der Waals surface area contributed by atoms with Crippen molar-refractivity contribution in [1.29, 1.82) is 0 Å². The number of aryl methyl sites for hydroxylation is 1. The van der Waals surface area contributed by atoms with Crippen molar-refractivity contribution in [1.82, 2.24) is 9.80 Å². The first-order valence-corrected chi connectivity index (χ1v) is 13.7. The molecule has 1 fully saturated rings. The van der Waals surface area contributed by atoms with Gasteiger partial charge in [0, 0.05) is 23.7 Å². The molecule has 0 bridgehead atoms. The normalized spacial score (nSPS) is 20.8. The summed E-state index contributed by atoms with van der Waals surface area (Å²) in [6.45, 7) is 4.21. The summed E-state index contributed by atoms with van der Waals surface area (Å²) in [5.41, 5.74) is 0.921. The molecule has 8 heteroatoms. The second kappa shape index (κ2) is 11.6. The van der Waals surface area contributed by atoms with E-state index in [1.54, 1.807) is 34.1 Å². The second-order valence-electron chi connectivity index (χ2n) is 9.79. The van der Waals surface area contributed by atoms with Crippen molar-refractivity contribution in [3.63, 3.8) is 0 Å². The third-order valence-corrected chi connectivity index (χ3v) is 7.60. The molecule has 1 spiro atoms. The minimum atomic E-state index is -1.09. The summed E-state index contributed by atoms with van der Waals surface area (Å²) in [5.74, 6) is 1.38. The van der Waals surface area contributed by atoms with E-state index < -0.39 is 5.60 Å². The van der Waals surface area contributed by atoms with Gasteiger partial charge in [-0.2, -0.15) is 0 Å². The first kappa shape index (κ1) is 26.3. The van der Waals surface area contributed by atoms with E-state index >= 15 is 0 Å². The van der Waals surface area contributed by atoms with Crippen molar-refractivity contribution in [3.05, 3.63) is 77.0 Å². The molecular weight excluding hydrogens is 504 g/mol. The third kappa shape index (κ3) is 5.59. The van der Waals surface area contributed by atoms with E-state index in [1.807, 2.05) is 37.3 Å². The lowest BCUT2D eigenvalue weighted by atomic mass is 9.91. The lowest BCUT2D eigenvalue weighted by Crippen LogP contribution is -2.62. The number of rotatable bonds is 3. The number of fused-ring (bicyclic) bond motifs is 1. The van der Waals surface area contributed by atoms with Gasteiger partial charge in [-0.15, -0.1) is 0 Å². The highest BCUT2D eigenvalue weighted by molar-refractivity contribution is 6.30. The van der Waals surface area contributed by atoms with Crippen LogP contribution in [0.2, 0.25) is 5.02 Å². The van der Waals surface area contributed by atoms with E-state index in [4.69, 9.17) is 25.5 Å². The molecule has 3 heterocycles. The Bertz CT molecular complexity index is 1270. The smallest absolute Gasteiger partial charge is 0.289 e. The lowest BCUT2D eigenvalue weighted by molar-refractivity contribution is -0.170. The monoisotopic (exact) mass is 536 g/mol. The highest BCUT2D eigenvalue weighted by atomic mass is 35.5. The topological polar surface area (TPSA) is 72.2 Å². The van der Waals surface area contributed by atoms with Crippen molar-refractivity contribution < 1.29 is 23.5 Å². The average molecular weight is 537 g/mol. The van der Waals surface area contributed by atoms with Gasteiger partial charge < -0.3 is 23.7 Å². The van der Waals surface area contributed by atoms with Crippen LogP contribution in [0.4, 0.5) is 0 Å². The molecular formula is C30H33ClN2O5. The SMILES string of the molecule is CCN1CCOc2ccccc2CCCCC2(CN(C(=O)c3ccc(-c4ccc(Cl)cc4)o3)CCO2)C1=O. The summed E-state index contributed by atoms with van der Waals surface area (Å²) < 4.78 is 18.2. The number of furan rings is 1. The number of hydrogen-bond donors (Lipinski definition) is 0. The average Bonchev–Trinajstić information content (AvgIpc) is 3.44. The van der Waals surface area contributed by atoms with Crippen molar-refractivity contribution in [3.8, 4) is 17.1 Å². The molecule has 0 radical (unpaired) electrons. The van der Waals surface area contributed by atoms with E-state index in [9.17, 15) is 9.59 Å². The molecule has 38 heavy (non-hydrogen) atoms. The highest BCUT2D eigenvalue weighted by Gasteiger charge is 2.46. The molecule has 3 aromatic rings. The van der Waals surface area contributed by atoms with Crippen LogP contribution in [0, 0.1) is 0 Å². The van der Waals surface area contributed by atoms with Crippen LogP contribution in [0.3, 0.4) is 0 Å². The van der Waals surface area contributed by atoms with Gasteiger partial charge in [0.1, 0.15) is 18.1 Å². The number of nitrogens with zero attached hydrogens (tertiary/aromatic N) is 2. The van der Waals surface area contributed by atoms with Crippen LogP contribution in [-0.4, -0.2) is 66.6 Å². The van der Waals surface area contributed by atoms with E-state index in [0.29, 0.717) is 50.1 Å². The van der Waals surface area contributed by atoms with Gasteiger partial charge in [0.2, 0.25) is 0 Å². The number of morpholine rings is 1. The molecule has 200 valence electrons. The van der Waals surface area contributed by atoms with Crippen molar-refractivity contribution in [2.24, 2.45) is 0 Å². The Morgan fingerprint density at radius 1 is 1.00 bits per heavy atom. The van der Waals surface area contributed by atoms with Crippen LogP contribution in [0.25, 0.3) is 11.3 Å². The molecule has 0 N–H and O–H groups in total. The number of para-hydroxylation sites is 1. The Morgan fingerprint density at radius 3 is 2.63 bits per heavy atom. The minimum Gasteiger partial charge on any atom is -0.491 e. The van der Waals surface area contributed by atoms with E-state index in [2.05, 4.69) is 6.07 Å². The van der Waals surface area contributed by atoms with Gasteiger partial charge >= 0.3 is 0 Å². The highest BCUT2D eigenvalue weighted by Crippen LogP contribution is 2.31. The summed E-state index contributed by atoms with van der Waals surface area (Å²) >= 11 is 6.00. The summed E-state index contributed by atoms with van der Waals surface area (Å²) in [4.78, 5) is 30.9. The maximum Gasteiger partial charge on any atom is 0.289 e. The Hall–Kier alpha value is -3.29. The van der Waals surface area contributed by atoms with Gasteiger partial charge in [-0.05, 0) is 80.6 Å². The predicted molar refractivity (Wildman–Crippen MR) is 145 cm³/mol. The van der Waals surface area contributed by atoms with E-state index in [1.165, 1.54) is 5.56 Å². The van der Waals surface area contributed by atoms with Gasteiger partial charge in [0.25, 0.3) is 11.8 Å². The van der Waals surface area contributed by atoms with Crippen LogP contribution in [0.1, 0.15) is 42.3 Å². The number of ether oxygens (including phenoxy) is 2. The Balaban J connectivity index is 1.35. The van der Waals surface area contributed by atoms with Crippen LogP contribution >= 0.6 is 11.6 Å². The first-order valence-electron chi connectivity index (χ1n) is 13.3. The summed E-state index contributed by atoms with van der Waals surface area (Å²) in [5, 5.41) is 0.633. The minimum absolute atomic E-state index is 0.0868. The standard InChI is InChI=1S/C30H33ClN2O5/c1-2-32-17-19-36-25-9-4-3-7-22(25)8-5-6-16-30(29(32)35)21-33(18-20-37-30)28(34)27-15-14-26(38-27)23-10-12-24(31)13-11-23/h3-4,7,9-15H,2,5-6,8,16-21H2,1H3. The van der Waals surface area contributed by atoms with Crippen molar-refractivity contribution in [2.45, 2.75) is 38.2 Å². The molecule has 2 aliphatic heterocycles. The van der Waals surface area contributed by atoms with E-state index in [-0.39, 0.29) is 24.1 Å². The molecule has 1 unspecified atom stereocenters. The number of carbonyl (C=O) groups excluding carboxylic acids is 2. The number of hydrogen-bond acceptors (Lipinski definition) is 5. The zero-order valence-corrected chi connectivity index (χ0v) is 22.4. The van der Waals surface area contributed by atoms with Crippen LogP contribution in [-0.2, 0) is 16.0 Å². The number of halogens is 1. The third-order valence-electron chi connectivity index (χ3n) is 7.35. The van der Waals surface area contributed by atoms with Crippen LogP contribution < -0.4 is 4.74 Å². The fourth-order valence-electron chi connectivity index (χ4n) is 5.26. The number of likely N-dealkylation sites (N-methyl/N-ethyl adjacent to an activating group) is 1. The number of carbonyl (C=O) groups is 2. The maximum absolute atomic E-state index is 13.9. The van der Waals surface area contributed by atoms with Crippen LogP contribution in [0.15, 0.2) is 65.1 Å². The Morgan fingerprint density at radius 2 is 1.82 bits per heavy atom. The molecule has 1 aromatic heterocycles. The van der Waals surface area contributed by atoms with Crippen molar-refractivity contribution >= 4 is 23.4 Å². The zero-order chi connectivity index (χ0) is 26.5. The predicted octanol–water partition coefficient (Wildman–Crippen LogP) is 5.47. The van der Waals surface area contributed by atoms with Crippen molar-refractivity contribution in [2.75, 3.05) is 39.4 Å². The zero-order valence-electron chi connectivity index (χ0n) is 21.7. The molecule has 2 aromatic carbocycles. The molecule has 0 saturated carbocycles. The Labute approximate surface area is 228 Å². The van der Waals surface area contributed by atoms with Gasteiger partial charge in [0.15, 0.2) is 11.4 Å². The van der Waals surface area contributed by atoms with Gasteiger partial charge in [-0.3, -0.25) is 9.59 Å². The molecule has 1 saturated heterocycles. The summed E-state index contributed by atoms with van der Waals surface area (Å²) in [7, 11) is 0. The van der Waals surface area contributed by atoms with E-state index in [0.717, 1.165) is 30.6 Å². The fraction of sp³-hybridized carbons (Fsp3) is 0.400. The summed E-state index contributed by atoms with van der Waals surface area (Å²) in [6, 6.07) is 18.8. The largest absolute Gasteiger partial charge is 0.491 e. The van der Waals surface area contributed by atoms with Gasteiger partial charge in [0.05, 0.1) is 19.7 Å². The number of benzene rings is 2. The summed E-state index contributed by atoms with van der Waals surface area (Å²) in [6.07, 6.45) is 3.09. The van der Waals surface area contributed by atoms with Gasteiger partial charge in [-0.1, -0.05) is 29.8 Å². The fourth-order valence-corrected chi connectivity index (χ4v) is 5.38. The molecule has 0 aliphatic carbocycles. The number of amides is 2. The molecule has 7 nitrogen and oxygen atoms in total. The van der Waals surface area contributed by atoms with Crippen LogP contribution in [0.5, 0.6) is 5.75 Å². The lowest BCUT2D eigenvalue weighted by Gasteiger charge is -2.43. The second-order valence-corrected chi connectivity index (χ2v) is 10.2.